The number of rotatable bonds is 15. The molecule has 0 aliphatic heterocycles. The summed E-state index contributed by atoms with van der Waals surface area (Å²) in [5.41, 5.74) is 0.256. The number of hydrogen-bond acceptors (Lipinski definition) is 6. The maximum absolute atomic E-state index is 12.4. The summed E-state index contributed by atoms with van der Waals surface area (Å²) in [6.07, 6.45) is 8.18. The zero-order chi connectivity index (χ0) is 20.6. The topological polar surface area (TPSA) is 74.7 Å². The number of unbranched alkanes of at least 4 members (excludes halogenated alkanes) is 4. The zero-order valence-electron chi connectivity index (χ0n) is 17.6. The summed E-state index contributed by atoms with van der Waals surface area (Å²) >= 11 is 0. The van der Waals surface area contributed by atoms with Gasteiger partial charge in [-0.15, -0.1) is 0 Å². The van der Waals surface area contributed by atoms with Crippen LogP contribution in [0.25, 0.3) is 0 Å². The van der Waals surface area contributed by atoms with Crippen LogP contribution in [-0.2, 0) is 14.2 Å². The van der Waals surface area contributed by atoms with Crippen molar-refractivity contribution in [2.24, 2.45) is 5.92 Å². The summed E-state index contributed by atoms with van der Waals surface area (Å²) in [5.74, 6) is -0.760. The van der Waals surface area contributed by atoms with Gasteiger partial charge in [0.15, 0.2) is 0 Å². The first-order chi connectivity index (χ1) is 13.6. The molecule has 0 aromatic carbocycles. The summed E-state index contributed by atoms with van der Waals surface area (Å²) in [5, 5.41) is 0. The van der Waals surface area contributed by atoms with E-state index in [1.807, 2.05) is 0 Å². The molecule has 1 atom stereocenters. The minimum atomic E-state index is -0.515. The Morgan fingerprint density at radius 1 is 0.893 bits per heavy atom. The summed E-state index contributed by atoms with van der Waals surface area (Å²) in [4.78, 5) is 28.5. The molecular formula is C22H35NO5. The Kier molecular flexibility index (Phi) is 12.9. The molecule has 0 aliphatic carbocycles. The highest BCUT2D eigenvalue weighted by atomic mass is 16.5. The van der Waals surface area contributed by atoms with Crippen LogP contribution in [0.2, 0.25) is 0 Å². The highest BCUT2D eigenvalue weighted by molar-refractivity contribution is 5.91. The number of aromatic nitrogens is 1. The lowest BCUT2D eigenvalue weighted by atomic mass is 9.99. The molecule has 0 N–H and O–H groups in total. The third-order valence-electron chi connectivity index (χ3n) is 4.54. The van der Waals surface area contributed by atoms with Gasteiger partial charge in [0.2, 0.25) is 0 Å². The molecule has 0 saturated carbocycles. The fourth-order valence-corrected chi connectivity index (χ4v) is 2.80. The molecule has 0 bridgehead atoms. The molecule has 6 nitrogen and oxygen atoms in total. The third-order valence-corrected chi connectivity index (χ3v) is 4.54. The van der Waals surface area contributed by atoms with Gasteiger partial charge in [-0.25, -0.2) is 14.6 Å². The van der Waals surface area contributed by atoms with E-state index in [2.05, 4.69) is 18.8 Å². The molecule has 0 saturated heterocycles. The summed E-state index contributed by atoms with van der Waals surface area (Å²) < 4.78 is 15.8. The molecule has 158 valence electrons. The van der Waals surface area contributed by atoms with E-state index >= 15 is 0 Å². The second-order valence-electron chi connectivity index (χ2n) is 6.99. The quantitative estimate of drug-likeness (QED) is 0.314. The van der Waals surface area contributed by atoms with Crippen molar-refractivity contribution < 1.29 is 23.8 Å². The Hall–Kier alpha value is -1.95. The minimum absolute atomic E-state index is 0.127. The lowest BCUT2D eigenvalue weighted by Gasteiger charge is -2.16. The SMILES string of the molecule is CCCCCOC(=O)c1cccc(C(=O)OCC(CCCCC)CCOC)n1. The lowest BCUT2D eigenvalue weighted by molar-refractivity contribution is 0.0392. The van der Waals surface area contributed by atoms with Gasteiger partial charge in [0.25, 0.3) is 0 Å². The van der Waals surface area contributed by atoms with Gasteiger partial charge in [-0.3, -0.25) is 0 Å². The highest BCUT2D eigenvalue weighted by Gasteiger charge is 2.17. The standard InChI is InChI=1S/C22H35NO5/c1-4-6-8-11-18(14-16-26-3)17-28-22(25)20-13-10-12-19(23-20)21(24)27-15-9-7-5-2/h10,12-13,18H,4-9,11,14-17H2,1-3H3. The molecular weight excluding hydrogens is 358 g/mol. The Bertz CT molecular complexity index is 576. The van der Waals surface area contributed by atoms with E-state index in [1.54, 1.807) is 25.3 Å². The molecule has 1 aromatic heterocycles. The maximum Gasteiger partial charge on any atom is 0.356 e. The van der Waals surface area contributed by atoms with E-state index in [9.17, 15) is 9.59 Å². The summed E-state index contributed by atoms with van der Waals surface area (Å²) in [6, 6.07) is 4.72. The molecule has 1 rings (SSSR count). The van der Waals surface area contributed by atoms with Crippen molar-refractivity contribution in [2.45, 2.75) is 65.2 Å². The van der Waals surface area contributed by atoms with Crippen molar-refractivity contribution >= 4 is 11.9 Å². The smallest absolute Gasteiger partial charge is 0.356 e. The van der Waals surface area contributed by atoms with Gasteiger partial charge in [0.05, 0.1) is 13.2 Å². The number of hydrogen-bond donors (Lipinski definition) is 0. The number of pyridine rings is 1. The first-order valence-corrected chi connectivity index (χ1v) is 10.4. The van der Waals surface area contributed by atoms with E-state index in [0.717, 1.165) is 44.9 Å². The molecule has 28 heavy (non-hydrogen) atoms. The van der Waals surface area contributed by atoms with Crippen molar-refractivity contribution in [3.05, 3.63) is 29.6 Å². The van der Waals surface area contributed by atoms with Gasteiger partial charge in [-0.05, 0) is 37.3 Å². The van der Waals surface area contributed by atoms with Gasteiger partial charge in [0.1, 0.15) is 11.4 Å². The van der Waals surface area contributed by atoms with Gasteiger partial charge in [-0.2, -0.15) is 0 Å². The molecule has 1 aromatic rings. The first-order valence-electron chi connectivity index (χ1n) is 10.4. The zero-order valence-corrected chi connectivity index (χ0v) is 17.6. The lowest BCUT2D eigenvalue weighted by Crippen LogP contribution is -2.18. The average Bonchev–Trinajstić information content (AvgIpc) is 2.72. The second-order valence-corrected chi connectivity index (χ2v) is 6.99. The van der Waals surface area contributed by atoms with Gasteiger partial charge in [-0.1, -0.05) is 52.0 Å². The molecule has 6 heteroatoms. The minimum Gasteiger partial charge on any atom is -0.461 e. The molecule has 1 unspecified atom stereocenters. The monoisotopic (exact) mass is 393 g/mol. The summed E-state index contributed by atoms with van der Waals surface area (Å²) in [7, 11) is 1.67. The number of esters is 2. The number of ether oxygens (including phenoxy) is 3. The summed E-state index contributed by atoms with van der Waals surface area (Å²) in [6.45, 7) is 5.59. The molecule has 0 aliphatic rings. The van der Waals surface area contributed by atoms with Crippen LogP contribution in [0.3, 0.4) is 0 Å². The van der Waals surface area contributed by atoms with Crippen molar-refractivity contribution in [3.63, 3.8) is 0 Å². The third kappa shape index (κ3) is 9.83. The fraction of sp³-hybridized carbons (Fsp3) is 0.682. The van der Waals surface area contributed by atoms with Crippen molar-refractivity contribution in [1.29, 1.82) is 0 Å². The van der Waals surface area contributed by atoms with Crippen molar-refractivity contribution in [3.8, 4) is 0 Å². The molecule has 0 amide bonds. The van der Waals surface area contributed by atoms with Crippen LogP contribution in [0.4, 0.5) is 0 Å². The highest BCUT2D eigenvalue weighted by Crippen LogP contribution is 2.15. The Labute approximate surface area is 169 Å². The van der Waals surface area contributed by atoms with Gasteiger partial charge >= 0.3 is 11.9 Å². The van der Waals surface area contributed by atoms with E-state index in [1.165, 1.54) is 6.42 Å². The van der Waals surface area contributed by atoms with E-state index in [-0.39, 0.29) is 17.3 Å². The second kappa shape index (κ2) is 15.0. The predicted molar refractivity (Wildman–Crippen MR) is 108 cm³/mol. The number of methoxy groups -OCH3 is 1. The van der Waals surface area contributed by atoms with Crippen LogP contribution < -0.4 is 0 Å². The van der Waals surface area contributed by atoms with Crippen LogP contribution in [0.1, 0.15) is 86.2 Å². The Morgan fingerprint density at radius 2 is 1.54 bits per heavy atom. The maximum atomic E-state index is 12.4. The number of nitrogens with zero attached hydrogens (tertiary/aromatic N) is 1. The van der Waals surface area contributed by atoms with Crippen LogP contribution in [-0.4, -0.2) is 43.9 Å². The van der Waals surface area contributed by atoms with E-state index in [0.29, 0.717) is 19.8 Å². The van der Waals surface area contributed by atoms with Crippen LogP contribution in [0.15, 0.2) is 18.2 Å². The van der Waals surface area contributed by atoms with Crippen LogP contribution >= 0.6 is 0 Å². The van der Waals surface area contributed by atoms with Gasteiger partial charge in [0, 0.05) is 13.7 Å². The van der Waals surface area contributed by atoms with Crippen molar-refractivity contribution in [2.75, 3.05) is 26.9 Å². The molecule has 0 spiro atoms. The Balaban J connectivity index is 2.56. The fourth-order valence-electron chi connectivity index (χ4n) is 2.80. The predicted octanol–water partition coefficient (Wildman–Crippen LogP) is 4.82. The normalized spacial score (nSPS) is 11.8. The Morgan fingerprint density at radius 3 is 2.18 bits per heavy atom. The van der Waals surface area contributed by atoms with Crippen LogP contribution in [0, 0.1) is 5.92 Å². The van der Waals surface area contributed by atoms with Crippen molar-refractivity contribution in [1.82, 2.24) is 4.98 Å². The first kappa shape index (κ1) is 24.1. The van der Waals surface area contributed by atoms with Gasteiger partial charge < -0.3 is 14.2 Å². The van der Waals surface area contributed by atoms with Crippen LogP contribution in [0.5, 0.6) is 0 Å². The molecule has 1 heterocycles. The molecule has 0 radical (unpaired) electrons. The van der Waals surface area contributed by atoms with E-state index in [4.69, 9.17) is 14.2 Å². The molecule has 0 fully saturated rings. The van der Waals surface area contributed by atoms with E-state index < -0.39 is 11.9 Å². The largest absolute Gasteiger partial charge is 0.461 e. The number of carbonyl (C=O) groups is 2. The number of carbonyl (C=O) groups excluding carboxylic acids is 2. The average molecular weight is 394 g/mol.